The molecule has 0 saturated carbocycles. The Morgan fingerprint density at radius 3 is 2.55 bits per heavy atom. The fourth-order valence-corrected chi connectivity index (χ4v) is 2.44. The maximum absolute atomic E-state index is 12.1. The number of aromatic nitrogens is 4. The molecule has 0 spiro atoms. The molecule has 0 unspecified atom stereocenters. The molecule has 2 aromatic carbocycles. The van der Waals surface area contributed by atoms with Gasteiger partial charge in [-0.25, -0.2) is 5.43 Å². The molecule has 8 heteroatoms. The second-order valence-electron chi connectivity index (χ2n) is 6.97. The van der Waals surface area contributed by atoms with Crippen LogP contribution in [0.5, 0.6) is 5.75 Å². The number of nitrogens with zero attached hydrogens (tertiary/aromatic N) is 5. The molecular weight excluding hydrogens is 368 g/mol. The van der Waals surface area contributed by atoms with Crippen LogP contribution in [0.25, 0.3) is 11.4 Å². The number of carbonyl (C=O) groups is 1. The largest absolute Gasteiger partial charge is 0.493 e. The molecule has 0 radical (unpaired) electrons. The van der Waals surface area contributed by atoms with E-state index in [0.717, 1.165) is 16.9 Å². The van der Waals surface area contributed by atoms with Gasteiger partial charge in [-0.05, 0) is 47.9 Å². The Morgan fingerprint density at radius 1 is 1.14 bits per heavy atom. The molecule has 1 amide bonds. The molecule has 1 N–H and O–H groups in total. The first-order valence-electron chi connectivity index (χ1n) is 9.41. The monoisotopic (exact) mass is 392 g/mol. The standard InChI is InChI=1S/C21H24N6O2/c1-15(2)14-29-19-11-9-17(10-12-19)16(3)22-23-20(28)13-27-25-21(24-26-27)18-7-5-4-6-8-18/h4-12,15H,13-14H2,1-3H3,(H,23,28)/b22-16-. The van der Waals surface area contributed by atoms with E-state index in [0.29, 0.717) is 24.1 Å². The number of hydrazone groups is 1. The molecule has 0 bridgehead atoms. The van der Waals surface area contributed by atoms with Crippen molar-refractivity contribution < 1.29 is 9.53 Å². The molecule has 0 fully saturated rings. The minimum Gasteiger partial charge on any atom is -0.493 e. The number of benzene rings is 2. The average molecular weight is 392 g/mol. The Balaban J connectivity index is 1.54. The molecule has 0 aliphatic carbocycles. The van der Waals surface area contributed by atoms with Gasteiger partial charge >= 0.3 is 0 Å². The van der Waals surface area contributed by atoms with Crippen molar-refractivity contribution in [3.05, 3.63) is 60.2 Å². The van der Waals surface area contributed by atoms with Crippen molar-refractivity contribution in [2.75, 3.05) is 6.61 Å². The van der Waals surface area contributed by atoms with Gasteiger partial charge in [0.15, 0.2) is 0 Å². The Morgan fingerprint density at radius 2 is 1.86 bits per heavy atom. The van der Waals surface area contributed by atoms with Gasteiger partial charge in [0, 0.05) is 5.56 Å². The van der Waals surface area contributed by atoms with E-state index in [1.165, 1.54) is 4.80 Å². The molecule has 0 aliphatic rings. The third kappa shape index (κ3) is 5.97. The first kappa shape index (κ1) is 20.2. The smallest absolute Gasteiger partial charge is 0.263 e. The lowest BCUT2D eigenvalue weighted by Crippen LogP contribution is -2.25. The molecule has 3 aromatic rings. The maximum Gasteiger partial charge on any atom is 0.263 e. The van der Waals surface area contributed by atoms with E-state index in [1.807, 2.05) is 61.5 Å². The highest BCUT2D eigenvalue weighted by molar-refractivity contribution is 5.99. The predicted octanol–water partition coefficient (Wildman–Crippen LogP) is 2.92. The highest BCUT2D eigenvalue weighted by Crippen LogP contribution is 2.14. The lowest BCUT2D eigenvalue weighted by molar-refractivity contribution is -0.122. The topological polar surface area (TPSA) is 94.3 Å². The Kier molecular flexibility index (Phi) is 6.67. The maximum atomic E-state index is 12.1. The van der Waals surface area contributed by atoms with Gasteiger partial charge in [-0.1, -0.05) is 44.2 Å². The van der Waals surface area contributed by atoms with E-state index in [4.69, 9.17) is 4.74 Å². The van der Waals surface area contributed by atoms with Crippen molar-refractivity contribution in [2.45, 2.75) is 27.3 Å². The SMILES string of the molecule is C/C(=N/NC(=O)Cn1nnc(-c2ccccc2)n1)c1ccc(OCC(C)C)cc1. The number of hydrogen-bond acceptors (Lipinski definition) is 6. The fourth-order valence-electron chi connectivity index (χ4n) is 2.44. The van der Waals surface area contributed by atoms with Crippen LogP contribution < -0.4 is 10.2 Å². The Labute approximate surface area is 169 Å². The summed E-state index contributed by atoms with van der Waals surface area (Å²) in [5.41, 5.74) is 4.95. The molecule has 0 saturated heterocycles. The minimum atomic E-state index is -0.335. The molecule has 0 aliphatic heterocycles. The van der Waals surface area contributed by atoms with Gasteiger partial charge < -0.3 is 4.74 Å². The normalized spacial score (nSPS) is 11.5. The Bertz CT molecular complexity index is 964. The summed E-state index contributed by atoms with van der Waals surface area (Å²) in [7, 11) is 0. The molecule has 1 heterocycles. The van der Waals surface area contributed by atoms with E-state index >= 15 is 0 Å². The zero-order valence-corrected chi connectivity index (χ0v) is 16.7. The number of tetrazole rings is 1. The van der Waals surface area contributed by atoms with Crippen LogP contribution in [0.2, 0.25) is 0 Å². The lowest BCUT2D eigenvalue weighted by atomic mass is 10.1. The van der Waals surface area contributed by atoms with Gasteiger partial charge in [0.25, 0.3) is 5.91 Å². The summed E-state index contributed by atoms with van der Waals surface area (Å²) in [4.78, 5) is 13.4. The van der Waals surface area contributed by atoms with Crippen LogP contribution >= 0.6 is 0 Å². The summed E-state index contributed by atoms with van der Waals surface area (Å²) >= 11 is 0. The van der Waals surface area contributed by atoms with E-state index in [-0.39, 0.29) is 12.5 Å². The van der Waals surface area contributed by atoms with Gasteiger partial charge in [0.2, 0.25) is 5.82 Å². The number of amides is 1. The van der Waals surface area contributed by atoms with E-state index in [1.54, 1.807) is 0 Å². The van der Waals surface area contributed by atoms with Gasteiger partial charge in [0.05, 0.1) is 12.3 Å². The minimum absolute atomic E-state index is 0.0708. The van der Waals surface area contributed by atoms with Crippen molar-refractivity contribution >= 4 is 11.6 Å². The number of hydrogen-bond donors (Lipinski definition) is 1. The van der Waals surface area contributed by atoms with Gasteiger partial charge in [-0.2, -0.15) is 9.90 Å². The summed E-state index contributed by atoms with van der Waals surface area (Å²) in [6.07, 6.45) is 0. The molecular formula is C21H24N6O2. The molecule has 150 valence electrons. The summed E-state index contributed by atoms with van der Waals surface area (Å²) in [5, 5.41) is 16.2. The van der Waals surface area contributed by atoms with E-state index < -0.39 is 0 Å². The van der Waals surface area contributed by atoms with Crippen molar-refractivity contribution in [3.63, 3.8) is 0 Å². The second kappa shape index (κ2) is 9.59. The lowest BCUT2D eigenvalue weighted by Gasteiger charge is -2.09. The fraction of sp³-hybridized carbons (Fsp3) is 0.286. The summed E-state index contributed by atoms with van der Waals surface area (Å²) in [5.74, 6) is 1.42. The second-order valence-corrected chi connectivity index (χ2v) is 6.97. The third-order valence-electron chi connectivity index (χ3n) is 3.97. The zero-order valence-electron chi connectivity index (χ0n) is 16.7. The number of rotatable bonds is 8. The summed E-state index contributed by atoms with van der Waals surface area (Å²) in [6.45, 7) is 6.63. The van der Waals surface area contributed by atoms with Crippen molar-refractivity contribution in [1.82, 2.24) is 25.6 Å². The van der Waals surface area contributed by atoms with Crippen LogP contribution in [0.4, 0.5) is 0 Å². The molecule has 0 atom stereocenters. The quantitative estimate of drug-likeness (QED) is 0.470. The highest BCUT2D eigenvalue weighted by Gasteiger charge is 2.09. The van der Waals surface area contributed by atoms with E-state index in [9.17, 15) is 4.79 Å². The number of carbonyl (C=O) groups excluding carboxylic acids is 1. The average Bonchev–Trinajstić information content (AvgIpc) is 3.20. The van der Waals surface area contributed by atoms with Crippen molar-refractivity contribution in [3.8, 4) is 17.1 Å². The van der Waals surface area contributed by atoms with Crippen LogP contribution in [0.15, 0.2) is 59.7 Å². The molecule has 8 nitrogen and oxygen atoms in total. The zero-order chi connectivity index (χ0) is 20.6. The van der Waals surface area contributed by atoms with E-state index in [2.05, 4.69) is 39.8 Å². The summed E-state index contributed by atoms with van der Waals surface area (Å²) in [6, 6.07) is 17.1. The molecule has 1 aromatic heterocycles. The molecule has 3 rings (SSSR count). The van der Waals surface area contributed by atoms with Gasteiger partial charge in [-0.3, -0.25) is 4.79 Å². The first-order chi connectivity index (χ1) is 14.0. The Hall–Kier alpha value is -3.55. The van der Waals surface area contributed by atoms with Gasteiger partial charge in [0.1, 0.15) is 12.3 Å². The summed E-state index contributed by atoms with van der Waals surface area (Å²) < 4.78 is 5.67. The van der Waals surface area contributed by atoms with Crippen molar-refractivity contribution in [2.24, 2.45) is 11.0 Å². The first-order valence-corrected chi connectivity index (χ1v) is 9.41. The van der Waals surface area contributed by atoms with Crippen LogP contribution in [0.3, 0.4) is 0 Å². The molecule has 29 heavy (non-hydrogen) atoms. The third-order valence-corrected chi connectivity index (χ3v) is 3.97. The highest BCUT2D eigenvalue weighted by atomic mass is 16.5. The van der Waals surface area contributed by atoms with Crippen molar-refractivity contribution in [1.29, 1.82) is 0 Å². The predicted molar refractivity (Wildman–Crippen MR) is 110 cm³/mol. The van der Waals surface area contributed by atoms with Crippen LogP contribution in [-0.4, -0.2) is 38.4 Å². The van der Waals surface area contributed by atoms with Crippen LogP contribution in [0, 0.1) is 5.92 Å². The number of ether oxygens (including phenoxy) is 1. The van der Waals surface area contributed by atoms with Gasteiger partial charge in [-0.15, -0.1) is 10.2 Å². The van der Waals surface area contributed by atoms with Crippen LogP contribution in [0.1, 0.15) is 26.3 Å². The van der Waals surface area contributed by atoms with Crippen LogP contribution in [-0.2, 0) is 11.3 Å². The number of nitrogens with one attached hydrogen (secondary N) is 1.